The smallest absolute Gasteiger partial charge is 0.322 e. The molecule has 2 aromatic rings. The summed E-state index contributed by atoms with van der Waals surface area (Å²) in [7, 11) is 0. The minimum Gasteiger partial charge on any atom is -0.343 e. The Labute approximate surface area is 272 Å². The largest absolute Gasteiger partial charge is 0.343 e. The average molecular weight is 736 g/mol. The predicted molar refractivity (Wildman–Crippen MR) is 169 cm³/mol. The van der Waals surface area contributed by atoms with Crippen LogP contribution in [0, 0.1) is 11.8 Å². The van der Waals surface area contributed by atoms with E-state index in [0.29, 0.717) is 25.4 Å². The van der Waals surface area contributed by atoms with Crippen LogP contribution in [0.25, 0.3) is 0 Å². The zero-order valence-corrected chi connectivity index (χ0v) is 27.6. The van der Waals surface area contributed by atoms with Crippen LogP contribution in [-0.2, 0) is 27.2 Å². The summed E-state index contributed by atoms with van der Waals surface area (Å²) in [5, 5.41) is 5.37. The minimum absolute atomic E-state index is 0.0392. The molecular weight excluding hydrogens is 702 g/mol. The Balaban J connectivity index is 1.05. The number of aromatic nitrogens is 1. The fourth-order valence-corrected chi connectivity index (χ4v) is 8.68. The van der Waals surface area contributed by atoms with Gasteiger partial charge in [-0.2, -0.15) is 0 Å². The van der Waals surface area contributed by atoms with Crippen molar-refractivity contribution in [3.05, 3.63) is 60.7 Å². The molecule has 9 nitrogen and oxygen atoms in total. The number of pyridine rings is 1. The molecule has 5 amide bonds. The van der Waals surface area contributed by atoms with E-state index >= 15 is 0 Å². The lowest BCUT2D eigenvalue weighted by atomic mass is 9.76. The molecule has 0 bridgehead atoms. The number of hydrogen-bond donors (Lipinski definition) is 2. The number of aryl methyl sites for hydroxylation is 2. The summed E-state index contributed by atoms with van der Waals surface area (Å²) in [6, 6.07) is 4.90. The second kappa shape index (κ2) is 12.9. The maximum atomic E-state index is 13.4. The summed E-state index contributed by atoms with van der Waals surface area (Å²) < 4.78 is 2.01. The van der Waals surface area contributed by atoms with Crippen molar-refractivity contribution in [3.8, 4) is 0 Å². The molecule has 228 valence electrons. The highest BCUT2D eigenvalue weighted by Gasteiger charge is 2.37. The number of urea groups is 1. The van der Waals surface area contributed by atoms with Gasteiger partial charge in [0.1, 0.15) is 6.04 Å². The van der Waals surface area contributed by atoms with Crippen LogP contribution in [0.15, 0.2) is 33.3 Å². The van der Waals surface area contributed by atoms with Crippen LogP contribution in [0.2, 0.25) is 5.02 Å². The number of rotatable bonds is 5. The summed E-state index contributed by atoms with van der Waals surface area (Å²) in [4.78, 5) is 57.8. The summed E-state index contributed by atoms with van der Waals surface area (Å²) in [6.45, 7) is 2.56. The van der Waals surface area contributed by atoms with E-state index in [-0.39, 0.29) is 30.1 Å². The van der Waals surface area contributed by atoms with Gasteiger partial charge in [-0.1, -0.05) is 27.5 Å². The van der Waals surface area contributed by atoms with E-state index in [2.05, 4.69) is 54.6 Å². The second-order valence-electron chi connectivity index (χ2n) is 12.1. The molecule has 0 spiro atoms. The zero-order valence-electron chi connectivity index (χ0n) is 23.7. The van der Waals surface area contributed by atoms with Crippen molar-refractivity contribution >= 4 is 67.2 Å². The summed E-state index contributed by atoms with van der Waals surface area (Å²) >= 11 is 13.9. The summed E-state index contributed by atoms with van der Waals surface area (Å²) in [5.74, 6) is 0.294. The van der Waals surface area contributed by atoms with Gasteiger partial charge < -0.3 is 15.1 Å². The molecule has 1 aromatic carbocycles. The van der Waals surface area contributed by atoms with Gasteiger partial charge in [0.05, 0.1) is 12.1 Å². The van der Waals surface area contributed by atoms with Gasteiger partial charge in [-0.3, -0.25) is 24.7 Å². The average Bonchev–Trinajstić information content (AvgIpc) is 3.20. The van der Waals surface area contributed by atoms with Crippen LogP contribution in [0.1, 0.15) is 66.8 Å². The SMILES string of the molecule is O=C1NC(=O)C(CC(=O)N2CCC(CC(=O)N3CCC([C@H]4c5ncc(Br)cc5CCc5cc(Cl)cc(Br)c54)CC3)CC2)N1. The lowest BCUT2D eigenvalue weighted by molar-refractivity contribution is -0.136. The van der Waals surface area contributed by atoms with Gasteiger partial charge in [0.15, 0.2) is 0 Å². The first-order chi connectivity index (χ1) is 20.7. The Kier molecular flexibility index (Phi) is 9.12. The van der Waals surface area contributed by atoms with Crippen LogP contribution in [0.5, 0.6) is 0 Å². The van der Waals surface area contributed by atoms with Gasteiger partial charge in [-0.15, -0.1) is 0 Å². The number of benzene rings is 1. The molecule has 4 heterocycles. The molecule has 3 saturated heterocycles. The molecule has 4 aliphatic rings. The Hall–Kier alpha value is -2.50. The second-order valence-corrected chi connectivity index (χ2v) is 14.3. The van der Waals surface area contributed by atoms with E-state index in [0.717, 1.165) is 71.3 Å². The molecule has 6 rings (SSSR count). The first-order valence-corrected chi connectivity index (χ1v) is 16.9. The van der Waals surface area contributed by atoms with Gasteiger partial charge >= 0.3 is 6.03 Å². The molecule has 2 N–H and O–H groups in total. The highest BCUT2D eigenvalue weighted by molar-refractivity contribution is 9.10. The number of likely N-dealkylation sites (tertiary alicyclic amines) is 2. The molecule has 1 aromatic heterocycles. The molecule has 12 heteroatoms. The molecule has 0 radical (unpaired) electrons. The van der Waals surface area contributed by atoms with Crippen LogP contribution in [-0.4, -0.2) is 70.8 Å². The quantitative estimate of drug-likeness (QED) is 0.423. The van der Waals surface area contributed by atoms with Gasteiger partial charge in [0.2, 0.25) is 11.8 Å². The third-order valence-electron chi connectivity index (χ3n) is 9.45. The van der Waals surface area contributed by atoms with Crippen LogP contribution in [0.4, 0.5) is 4.79 Å². The number of nitrogens with one attached hydrogen (secondary N) is 2. The van der Waals surface area contributed by atoms with Crippen molar-refractivity contribution in [3.63, 3.8) is 0 Å². The predicted octanol–water partition coefficient (Wildman–Crippen LogP) is 4.96. The molecule has 2 atom stereocenters. The van der Waals surface area contributed by atoms with Crippen LogP contribution in [0.3, 0.4) is 0 Å². The van der Waals surface area contributed by atoms with Gasteiger partial charge in [0, 0.05) is 58.7 Å². The Morgan fingerprint density at radius 2 is 1.56 bits per heavy atom. The number of imide groups is 1. The normalized spacial score (nSPS) is 22.9. The number of carbonyl (C=O) groups is 4. The van der Waals surface area contributed by atoms with Gasteiger partial charge in [0.25, 0.3) is 5.91 Å². The third kappa shape index (κ3) is 6.63. The van der Waals surface area contributed by atoms with Crippen molar-refractivity contribution in [1.29, 1.82) is 0 Å². The lowest BCUT2D eigenvalue weighted by Crippen LogP contribution is -2.44. The number of halogens is 3. The van der Waals surface area contributed by atoms with E-state index in [9.17, 15) is 19.2 Å². The van der Waals surface area contributed by atoms with Gasteiger partial charge in [-0.25, -0.2) is 4.79 Å². The Morgan fingerprint density at radius 1 is 0.907 bits per heavy atom. The monoisotopic (exact) mass is 733 g/mol. The number of amides is 5. The van der Waals surface area contributed by atoms with Crippen LogP contribution >= 0.6 is 43.5 Å². The van der Waals surface area contributed by atoms with Crippen LogP contribution < -0.4 is 10.6 Å². The van der Waals surface area contributed by atoms with E-state index in [1.165, 1.54) is 16.7 Å². The van der Waals surface area contributed by atoms with E-state index < -0.39 is 18.0 Å². The lowest BCUT2D eigenvalue weighted by Gasteiger charge is -2.38. The van der Waals surface area contributed by atoms with Crippen molar-refractivity contribution in [2.24, 2.45) is 11.8 Å². The number of hydrogen-bond acceptors (Lipinski definition) is 5. The maximum Gasteiger partial charge on any atom is 0.322 e. The first kappa shape index (κ1) is 30.5. The van der Waals surface area contributed by atoms with E-state index in [4.69, 9.17) is 16.6 Å². The number of piperidine rings is 2. The van der Waals surface area contributed by atoms with Crippen molar-refractivity contribution < 1.29 is 19.2 Å². The molecule has 43 heavy (non-hydrogen) atoms. The number of carbonyl (C=O) groups excluding carboxylic acids is 4. The van der Waals surface area contributed by atoms with Crippen molar-refractivity contribution in [1.82, 2.24) is 25.4 Å². The van der Waals surface area contributed by atoms with Crippen molar-refractivity contribution in [2.75, 3.05) is 26.2 Å². The van der Waals surface area contributed by atoms with E-state index in [1.54, 1.807) is 4.90 Å². The fraction of sp³-hybridized carbons (Fsp3) is 0.516. The molecule has 1 aliphatic carbocycles. The fourth-order valence-electron chi connectivity index (χ4n) is 7.18. The highest BCUT2D eigenvalue weighted by Crippen LogP contribution is 2.46. The van der Waals surface area contributed by atoms with Gasteiger partial charge in [-0.05, 0) is 101 Å². The summed E-state index contributed by atoms with van der Waals surface area (Å²) in [6.07, 6.45) is 7.47. The standard InChI is InChI=1S/C31H34Br2ClN5O4/c32-21-12-20-2-1-19-13-22(34)14-23(33)27(19)28(29(20)35-16-21)18-5-9-39(10-6-18)25(40)11-17-3-7-38(8-4-17)26(41)15-24-30(42)37-31(43)36-24/h12-14,16-18,24,28H,1-11,15H2,(H2,36,37,42,43)/t24?,28-/m1/s1. The molecular formula is C31H34Br2ClN5O4. The molecule has 3 fully saturated rings. The highest BCUT2D eigenvalue weighted by atomic mass is 79.9. The number of nitrogens with zero attached hydrogens (tertiary/aromatic N) is 3. The number of fused-ring (bicyclic) bond motifs is 2. The topological polar surface area (TPSA) is 112 Å². The zero-order chi connectivity index (χ0) is 30.2. The molecule has 3 aliphatic heterocycles. The van der Waals surface area contributed by atoms with Crippen molar-refractivity contribution in [2.45, 2.75) is 63.3 Å². The minimum atomic E-state index is -0.807. The third-order valence-corrected chi connectivity index (χ3v) is 10.8. The molecule has 0 saturated carbocycles. The molecule has 1 unspecified atom stereocenters. The van der Waals surface area contributed by atoms with E-state index in [1.807, 2.05) is 17.2 Å². The first-order valence-electron chi connectivity index (χ1n) is 14.9. The Morgan fingerprint density at radius 3 is 2.23 bits per heavy atom. The summed E-state index contributed by atoms with van der Waals surface area (Å²) in [5.41, 5.74) is 4.93. The Bertz CT molecular complexity index is 1460. The maximum absolute atomic E-state index is 13.4.